The summed E-state index contributed by atoms with van der Waals surface area (Å²) in [6.45, 7) is 10.0. The number of rotatable bonds is 8. The maximum atomic E-state index is 14.0. The van der Waals surface area contributed by atoms with Crippen LogP contribution >= 0.6 is 0 Å². The van der Waals surface area contributed by atoms with Gasteiger partial charge in [0.2, 0.25) is 5.91 Å². The van der Waals surface area contributed by atoms with Crippen LogP contribution in [0.1, 0.15) is 43.9 Å². The molecule has 222 valence electrons. The number of aromatic nitrogens is 2. The van der Waals surface area contributed by atoms with Gasteiger partial charge in [0.15, 0.2) is 0 Å². The number of hydrogen-bond donors (Lipinski definition) is 1. The van der Waals surface area contributed by atoms with Crippen molar-refractivity contribution in [2.75, 3.05) is 49.1 Å². The molecule has 1 amide bonds. The van der Waals surface area contributed by atoms with Crippen LogP contribution in [0.15, 0.2) is 49.1 Å². The van der Waals surface area contributed by atoms with Gasteiger partial charge in [-0.25, -0.2) is 4.39 Å². The lowest BCUT2D eigenvalue weighted by Gasteiger charge is -2.38. The summed E-state index contributed by atoms with van der Waals surface area (Å²) in [6.07, 6.45) is 4.82. The Labute approximate surface area is 246 Å². The SMILES string of the molecule is C=CC(=O)N1CCN(c2nc(OCCCC3C[C@@H](F)[C@@H](C)C3)nc3c2CCN(c2cc(O)cc4ccccc24)C3)CC1. The highest BCUT2D eigenvalue weighted by Gasteiger charge is 2.31. The molecule has 0 spiro atoms. The summed E-state index contributed by atoms with van der Waals surface area (Å²) < 4.78 is 20.1. The summed E-state index contributed by atoms with van der Waals surface area (Å²) >= 11 is 0. The highest BCUT2D eigenvalue weighted by atomic mass is 19.1. The summed E-state index contributed by atoms with van der Waals surface area (Å²) in [6, 6.07) is 12.1. The van der Waals surface area contributed by atoms with Gasteiger partial charge in [-0.3, -0.25) is 4.79 Å². The number of fused-ring (bicyclic) bond motifs is 2. The molecule has 2 aliphatic heterocycles. The lowest BCUT2D eigenvalue weighted by Crippen LogP contribution is -2.49. The Kier molecular flexibility index (Phi) is 8.18. The largest absolute Gasteiger partial charge is 0.508 e. The fraction of sp³-hybridized carbons (Fsp3) is 0.485. The van der Waals surface area contributed by atoms with Crippen LogP contribution in [0.5, 0.6) is 11.8 Å². The number of alkyl halides is 1. The lowest BCUT2D eigenvalue weighted by atomic mass is 10.0. The number of aromatic hydroxyl groups is 1. The average molecular weight is 574 g/mol. The fourth-order valence-electron chi connectivity index (χ4n) is 6.82. The van der Waals surface area contributed by atoms with Crippen molar-refractivity contribution >= 4 is 28.2 Å². The molecular formula is C33H40FN5O3. The van der Waals surface area contributed by atoms with Gasteiger partial charge in [-0.2, -0.15) is 9.97 Å². The Morgan fingerprint density at radius 3 is 2.69 bits per heavy atom. The highest BCUT2D eigenvalue weighted by Crippen LogP contribution is 2.37. The van der Waals surface area contributed by atoms with E-state index in [0.29, 0.717) is 57.7 Å². The zero-order valence-electron chi connectivity index (χ0n) is 24.3. The Morgan fingerprint density at radius 1 is 1.12 bits per heavy atom. The third-order valence-corrected chi connectivity index (χ3v) is 9.12. The minimum atomic E-state index is -0.684. The molecule has 1 aromatic heterocycles. The first-order chi connectivity index (χ1) is 20.4. The number of anilines is 2. The molecule has 2 aromatic carbocycles. The molecule has 3 atom stereocenters. The van der Waals surface area contributed by atoms with Gasteiger partial charge in [-0.05, 0) is 61.5 Å². The van der Waals surface area contributed by atoms with Gasteiger partial charge < -0.3 is 24.5 Å². The van der Waals surface area contributed by atoms with Gasteiger partial charge in [0.1, 0.15) is 17.7 Å². The van der Waals surface area contributed by atoms with Crippen molar-refractivity contribution in [2.45, 2.75) is 51.7 Å². The van der Waals surface area contributed by atoms with E-state index in [-0.39, 0.29) is 17.6 Å². The number of benzene rings is 2. The number of hydrogen-bond acceptors (Lipinski definition) is 7. The first-order valence-corrected chi connectivity index (χ1v) is 15.2. The van der Waals surface area contributed by atoms with Crippen LogP contribution in [0.3, 0.4) is 0 Å². The van der Waals surface area contributed by atoms with Crippen LogP contribution in [0, 0.1) is 11.8 Å². The van der Waals surface area contributed by atoms with Crippen LogP contribution in [0.2, 0.25) is 0 Å². The molecule has 9 heteroatoms. The number of amides is 1. The van der Waals surface area contributed by atoms with E-state index in [1.54, 1.807) is 6.07 Å². The van der Waals surface area contributed by atoms with Gasteiger partial charge >= 0.3 is 6.01 Å². The van der Waals surface area contributed by atoms with Crippen molar-refractivity contribution in [3.05, 3.63) is 60.3 Å². The molecular weight excluding hydrogens is 533 g/mol. The van der Waals surface area contributed by atoms with E-state index in [1.807, 2.05) is 36.1 Å². The predicted octanol–water partition coefficient (Wildman–Crippen LogP) is 5.28. The summed E-state index contributed by atoms with van der Waals surface area (Å²) in [7, 11) is 0. The van der Waals surface area contributed by atoms with E-state index >= 15 is 0 Å². The molecule has 0 radical (unpaired) electrons. The minimum absolute atomic E-state index is 0.0480. The Balaban J connectivity index is 1.23. The van der Waals surface area contributed by atoms with E-state index in [4.69, 9.17) is 14.7 Å². The van der Waals surface area contributed by atoms with Gasteiger partial charge in [-0.15, -0.1) is 0 Å². The molecule has 3 aliphatic rings. The summed E-state index contributed by atoms with van der Waals surface area (Å²) in [5, 5.41) is 12.5. The van der Waals surface area contributed by atoms with E-state index in [9.17, 15) is 14.3 Å². The molecule has 1 N–H and O–H groups in total. The second-order valence-corrected chi connectivity index (χ2v) is 12.0. The predicted molar refractivity (Wildman–Crippen MR) is 163 cm³/mol. The fourth-order valence-corrected chi connectivity index (χ4v) is 6.82. The first kappa shape index (κ1) is 28.2. The third kappa shape index (κ3) is 5.87. The molecule has 1 aliphatic carbocycles. The molecule has 8 nitrogen and oxygen atoms in total. The molecule has 3 heterocycles. The number of carbonyl (C=O) groups excluding carboxylic acids is 1. The van der Waals surface area contributed by atoms with Crippen LogP contribution in [-0.2, 0) is 17.8 Å². The number of ether oxygens (including phenoxy) is 1. The van der Waals surface area contributed by atoms with Crippen molar-refractivity contribution in [2.24, 2.45) is 11.8 Å². The molecule has 6 rings (SSSR count). The Bertz CT molecular complexity index is 1450. The number of piperazine rings is 1. The highest BCUT2D eigenvalue weighted by molar-refractivity contribution is 5.95. The number of halogens is 1. The van der Waals surface area contributed by atoms with Gasteiger partial charge in [0.25, 0.3) is 0 Å². The summed E-state index contributed by atoms with van der Waals surface area (Å²) in [5.41, 5.74) is 3.01. The smallest absolute Gasteiger partial charge is 0.318 e. The maximum Gasteiger partial charge on any atom is 0.318 e. The number of phenolic OH excluding ortho intramolecular Hbond substituents is 1. The topological polar surface area (TPSA) is 82.0 Å². The van der Waals surface area contributed by atoms with Crippen LogP contribution in [0.4, 0.5) is 15.9 Å². The van der Waals surface area contributed by atoms with Crippen molar-refractivity contribution in [3.8, 4) is 11.8 Å². The molecule has 3 aromatic rings. The molecule has 2 fully saturated rings. The lowest BCUT2D eigenvalue weighted by molar-refractivity contribution is -0.126. The molecule has 42 heavy (non-hydrogen) atoms. The van der Waals surface area contributed by atoms with E-state index in [0.717, 1.165) is 65.8 Å². The van der Waals surface area contributed by atoms with E-state index in [1.165, 1.54) is 6.08 Å². The number of nitrogens with zero attached hydrogens (tertiary/aromatic N) is 5. The van der Waals surface area contributed by atoms with E-state index in [2.05, 4.69) is 22.4 Å². The molecule has 1 unspecified atom stereocenters. The zero-order valence-corrected chi connectivity index (χ0v) is 24.3. The molecule has 1 saturated heterocycles. The van der Waals surface area contributed by atoms with Crippen LogP contribution in [-0.4, -0.2) is 71.4 Å². The standard InChI is InChI=1S/C33H40FN5O3/c1-3-31(41)37-12-14-38(15-13-37)32-27-10-11-39(30-20-25(40)19-24-8-4-5-9-26(24)30)21-29(27)35-33(36-32)42-16-6-7-23-17-22(2)28(34)18-23/h3-5,8-9,19-20,22-23,28,40H,1,6-7,10-18,21H2,2H3/t22-,23?,28+/m0/s1. The molecule has 0 bridgehead atoms. The average Bonchev–Trinajstić information content (AvgIpc) is 3.34. The first-order valence-electron chi connectivity index (χ1n) is 15.2. The van der Waals surface area contributed by atoms with Crippen molar-refractivity contribution in [1.82, 2.24) is 14.9 Å². The van der Waals surface area contributed by atoms with Gasteiger partial charge in [-0.1, -0.05) is 37.8 Å². The third-order valence-electron chi connectivity index (χ3n) is 9.12. The number of carbonyl (C=O) groups is 1. The Morgan fingerprint density at radius 2 is 1.93 bits per heavy atom. The zero-order chi connectivity index (χ0) is 29.2. The molecule has 1 saturated carbocycles. The van der Waals surface area contributed by atoms with Crippen LogP contribution in [0.25, 0.3) is 10.8 Å². The second kappa shape index (κ2) is 12.2. The normalized spacial score (nSPS) is 22.3. The monoisotopic (exact) mass is 573 g/mol. The van der Waals surface area contributed by atoms with Crippen molar-refractivity contribution < 1.29 is 19.0 Å². The van der Waals surface area contributed by atoms with Crippen LogP contribution < -0.4 is 14.5 Å². The quantitative estimate of drug-likeness (QED) is 0.290. The maximum absolute atomic E-state index is 14.0. The summed E-state index contributed by atoms with van der Waals surface area (Å²) in [5.74, 6) is 1.64. The number of phenols is 1. The Hall–Kier alpha value is -3.88. The summed E-state index contributed by atoms with van der Waals surface area (Å²) in [4.78, 5) is 28.3. The van der Waals surface area contributed by atoms with Gasteiger partial charge in [0.05, 0.1) is 18.8 Å². The van der Waals surface area contributed by atoms with Crippen molar-refractivity contribution in [1.29, 1.82) is 0 Å². The van der Waals surface area contributed by atoms with E-state index < -0.39 is 6.17 Å². The second-order valence-electron chi connectivity index (χ2n) is 12.0. The minimum Gasteiger partial charge on any atom is -0.508 e. The van der Waals surface area contributed by atoms with Crippen molar-refractivity contribution in [3.63, 3.8) is 0 Å². The van der Waals surface area contributed by atoms with Gasteiger partial charge in [0, 0.05) is 55.4 Å².